The largest absolute Gasteiger partial charge is 0.394 e. The van der Waals surface area contributed by atoms with Crippen molar-refractivity contribution in [1.29, 1.82) is 0 Å². The number of likely N-dealkylation sites (N-methyl/N-ethyl adjacent to an activating group) is 1. The van der Waals surface area contributed by atoms with Crippen molar-refractivity contribution in [2.75, 3.05) is 55.4 Å². The number of benzene rings is 2. The maximum absolute atomic E-state index is 12.5. The van der Waals surface area contributed by atoms with Crippen molar-refractivity contribution < 1.29 is 9.90 Å². The molecule has 4 N–H and O–H groups in total. The van der Waals surface area contributed by atoms with Crippen LogP contribution in [0.25, 0.3) is 5.82 Å². The topological polar surface area (TPSA) is 123 Å². The van der Waals surface area contributed by atoms with Crippen LogP contribution in [0.2, 0.25) is 5.02 Å². The number of carbonyl (C=O) groups excluding carboxylic acids is 1. The van der Waals surface area contributed by atoms with Gasteiger partial charge in [-0.05, 0) is 49.0 Å². The number of aliphatic hydroxyl groups is 1. The first-order valence-corrected chi connectivity index (χ1v) is 13.0. The fourth-order valence-electron chi connectivity index (χ4n) is 4.28. The molecule has 202 valence electrons. The quantitative estimate of drug-likeness (QED) is 0.263. The van der Waals surface area contributed by atoms with Gasteiger partial charge in [0.25, 0.3) is 0 Å². The van der Waals surface area contributed by atoms with Crippen LogP contribution < -0.4 is 20.9 Å². The summed E-state index contributed by atoms with van der Waals surface area (Å²) in [5, 5.41) is 23.3. The molecule has 0 radical (unpaired) electrons. The number of aromatic nitrogens is 4. The molecule has 0 saturated carbocycles. The van der Waals surface area contributed by atoms with Crippen molar-refractivity contribution in [2.24, 2.45) is 0 Å². The zero-order chi connectivity index (χ0) is 27.2. The zero-order valence-corrected chi connectivity index (χ0v) is 22.2. The van der Waals surface area contributed by atoms with Gasteiger partial charge in [-0.15, -0.1) is 0 Å². The Morgan fingerprint density at radius 3 is 2.62 bits per heavy atom. The predicted octanol–water partition coefficient (Wildman–Crippen LogP) is 3.67. The maximum atomic E-state index is 12.5. The molecule has 1 aliphatic rings. The van der Waals surface area contributed by atoms with Crippen molar-refractivity contribution in [1.82, 2.24) is 30.0 Å². The average Bonchev–Trinajstić information content (AvgIpc) is 3.41. The van der Waals surface area contributed by atoms with E-state index in [2.05, 4.69) is 60.0 Å². The van der Waals surface area contributed by atoms with E-state index in [-0.39, 0.29) is 6.61 Å². The molecule has 2 aromatic heterocycles. The Hall–Kier alpha value is -4.19. The van der Waals surface area contributed by atoms with E-state index in [9.17, 15) is 9.90 Å². The lowest BCUT2D eigenvalue weighted by atomic mass is 10.1. The number of amides is 2. The Morgan fingerprint density at radius 2 is 1.87 bits per heavy atom. The molecule has 5 rings (SSSR count). The summed E-state index contributed by atoms with van der Waals surface area (Å²) in [7, 11) is 2.15. The van der Waals surface area contributed by atoms with E-state index in [1.807, 2.05) is 12.1 Å². The Morgan fingerprint density at radius 1 is 1.08 bits per heavy atom. The lowest BCUT2D eigenvalue weighted by molar-refractivity contribution is 0.225. The minimum Gasteiger partial charge on any atom is -0.394 e. The molecule has 2 amide bonds. The number of carbonyl (C=O) groups is 1. The summed E-state index contributed by atoms with van der Waals surface area (Å²) in [4.78, 5) is 26.1. The van der Waals surface area contributed by atoms with Gasteiger partial charge < -0.3 is 30.9 Å². The van der Waals surface area contributed by atoms with Crippen LogP contribution in [-0.4, -0.2) is 75.6 Å². The van der Waals surface area contributed by atoms with E-state index in [0.29, 0.717) is 28.0 Å². The number of hydrogen-bond donors (Lipinski definition) is 4. The second kappa shape index (κ2) is 12.1. The Kier molecular flexibility index (Phi) is 8.21. The summed E-state index contributed by atoms with van der Waals surface area (Å²) in [5.74, 6) is 0.956. The second-order valence-electron chi connectivity index (χ2n) is 9.26. The summed E-state index contributed by atoms with van der Waals surface area (Å²) in [5.41, 5.74) is 3.23. The average molecular weight is 548 g/mol. The minimum absolute atomic E-state index is 0.275. The Labute approximate surface area is 231 Å². The molecule has 1 unspecified atom stereocenters. The highest BCUT2D eigenvalue weighted by Crippen LogP contribution is 2.22. The number of halogens is 1. The van der Waals surface area contributed by atoms with Crippen LogP contribution in [0.5, 0.6) is 0 Å². The van der Waals surface area contributed by atoms with Gasteiger partial charge in [0.1, 0.15) is 0 Å². The smallest absolute Gasteiger partial charge is 0.319 e. The Balaban J connectivity index is 1.19. The molecule has 39 heavy (non-hydrogen) atoms. The van der Waals surface area contributed by atoms with Gasteiger partial charge >= 0.3 is 6.03 Å². The highest BCUT2D eigenvalue weighted by molar-refractivity contribution is 6.30. The third-order valence-electron chi connectivity index (χ3n) is 6.45. The van der Waals surface area contributed by atoms with Gasteiger partial charge in [0.2, 0.25) is 5.95 Å². The number of aliphatic hydroxyl groups excluding tert-OH is 1. The fourth-order valence-corrected chi connectivity index (χ4v) is 4.48. The fraction of sp³-hybridized carbons (Fsp3) is 0.259. The Bertz CT molecular complexity index is 1400. The van der Waals surface area contributed by atoms with Crippen LogP contribution in [0.4, 0.5) is 27.8 Å². The van der Waals surface area contributed by atoms with Crippen LogP contribution in [0.3, 0.4) is 0 Å². The third kappa shape index (κ3) is 6.82. The van der Waals surface area contributed by atoms with Gasteiger partial charge in [-0.2, -0.15) is 10.1 Å². The zero-order valence-electron chi connectivity index (χ0n) is 21.5. The first kappa shape index (κ1) is 26.4. The molecule has 0 bridgehead atoms. The van der Waals surface area contributed by atoms with E-state index in [1.54, 1.807) is 47.4 Å². The first-order valence-electron chi connectivity index (χ1n) is 12.6. The van der Waals surface area contributed by atoms with E-state index >= 15 is 0 Å². The molecule has 1 saturated heterocycles. The van der Waals surface area contributed by atoms with Crippen molar-refractivity contribution in [3.8, 4) is 5.82 Å². The third-order valence-corrected chi connectivity index (χ3v) is 6.68. The van der Waals surface area contributed by atoms with E-state index in [1.165, 1.54) is 11.9 Å². The molecule has 2 aromatic carbocycles. The molecule has 0 aliphatic carbocycles. The molecule has 0 spiro atoms. The van der Waals surface area contributed by atoms with Crippen LogP contribution in [0.1, 0.15) is 11.6 Å². The highest BCUT2D eigenvalue weighted by Gasteiger charge is 2.16. The summed E-state index contributed by atoms with van der Waals surface area (Å²) in [6.45, 7) is 3.87. The number of rotatable bonds is 8. The lowest BCUT2D eigenvalue weighted by Gasteiger charge is -2.34. The van der Waals surface area contributed by atoms with Crippen LogP contribution in [-0.2, 0) is 0 Å². The summed E-state index contributed by atoms with van der Waals surface area (Å²) >= 11 is 6.03. The van der Waals surface area contributed by atoms with Gasteiger partial charge in [-0.1, -0.05) is 23.7 Å². The number of urea groups is 1. The molecule has 11 nitrogen and oxygen atoms in total. The molecule has 1 fully saturated rings. The SMILES string of the molecule is CN1CCN(c2ccc(Nc3nccc(-n4cc(NC(=O)NC(CO)c5cccc(Cl)c5)cn4)n3)cc2)CC1. The lowest BCUT2D eigenvalue weighted by Crippen LogP contribution is -2.44. The first-order chi connectivity index (χ1) is 19.0. The van der Waals surface area contributed by atoms with Crippen molar-refractivity contribution in [3.63, 3.8) is 0 Å². The van der Waals surface area contributed by atoms with E-state index in [4.69, 9.17) is 11.6 Å². The summed E-state index contributed by atoms with van der Waals surface area (Å²) < 4.78 is 1.54. The molecule has 4 aromatic rings. The van der Waals surface area contributed by atoms with Crippen molar-refractivity contribution in [3.05, 3.63) is 83.8 Å². The second-order valence-corrected chi connectivity index (χ2v) is 9.70. The van der Waals surface area contributed by atoms with Gasteiger partial charge in [0.05, 0.1) is 30.7 Å². The number of nitrogens with zero attached hydrogens (tertiary/aromatic N) is 6. The molecule has 12 heteroatoms. The monoisotopic (exact) mass is 547 g/mol. The standard InChI is InChI=1S/C27H30ClN9O2/c1-35-11-13-36(14-12-35)23-7-5-21(6-8-23)31-26-29-10-9-25(34-26)37-17-22(16-30-37)32-27(39)33-24(18-38)19-3-2-4-20(28)15-19/h2-10,15-17,24,38H,11-14,18H2,1H3,(H,29,31,34)(H2,32,33,39). The van der Waals surface area contributed by atoms with Gasteiger partial charge in [-0.25, -0.2) is 14.5 Å². The summed E-state index contributed by atoms with van der Waals surface area (Å²) in [6, 6.07) is 15.8. The number of hydrogen-bond acceptors (Lipinski definition) is 8. The molecular weight excluding hydrogens is 518 g/mol. The van der Waals surface area contributed by atoms with Crippen molar-refractivity contribution in [2.45, 2.75) is 6.04 Å². The number of anilines is 4. The van der Waals surface area contributed by atoms with Gasteiger partial charge in [0, 0.05) is 54.8 Å². The van der Waals surface area contributed by atoms with Crippen LogP contribution >= 0.6 is 11.6 Å². The minimum atomic E-state index is -0.607. The maximum Gasteiger partial charge on any atom is 0.319 e. The normalized spacial score (nSPS) is 14.6. The predicted molar refractivity (Wildman–Crippen MR) is 152 cm³/mol. The van der Waals surface area contributed by atoms with Gasteiger partial charge in [-0.3, -0.25) is 0 Å². The molecule has 1 atom stereocenters. The van der Waals surface area contributed by atoms with Crippen molar-refractivity contribution >= 4 is 40.6 Å². The molecule has 1 aliphatic heterocycles. The van der Waals surface area contributed by atoms with Crippen LogP contribution in [0.15, 0.2) is 73.2 Å². The van der Waals surface area contributed by atoms with E-state index < -0.39 is 12.1 Å². The number of nitrogens with one attached hydrogen (secondary N) is 3. The van der Waals surface area contributed by atoms with E-state index in [0.717, 1.165) is 31.9 Å². The number of piperazine rings is 1. The van der Waals surface area contributed by atoms with Gasteiger partial charge in [0.15, 0.2) is 5.82 Å². The highest BCUT2D eigenvalue weighted by atomic mass is 35.5. The summed E-state index contributed by atoms with van der Waals surface area (Å²) in [6.07, 6.45) is 4.80. The molecular formula is C27H30ClN9O2. The van der Waals surface area contributed by atoms with Crippen LogP contribution in [0, 0.1) is 0 Å². The molecule has 3 heterocycles.